The van der Waals surface area contributed by atoms with Gasteiger partial charge < -0.3 is 5.32 Å². The first-order valence-electron chi connectivity index (χ1n) is 4.02. The summed E-state index contributed by atoms with van der Waals surface area (Å²) < 4.78 is 0. The molecule has 0 aromatic carbocycles. The zero-order valence-corrected chi connectivity index (χ0v) is 8.67. The summed E-state index contributed by atoms with van der Waals surface area (Å²) in [5, 5.41) is 4.70. The van der Waals surface area contributed by atoms with Crippen LogP contribution in [0.1, 0.15) is 28.8 Å². The molecule has 1 aliphatic heterocycles. The van der Waals surface area contributed by atoms with E-state index in [0.717, 1.165) is 6.54 Å². The number of nitrogens with one attached hydrogen (secondary N) is 1. The number of nitrogens with zero attached hydrogens (tertiary/aromatic N) is 1. The van der Waals surface area contributed by atoms with E-state index in [-0.39, 0.29) is 12.4 Å². The second kappa shape index (κ2) is 4.21. The number of aryl methyl sites for hydroxylation is 1. The zero-order chi connectivity index (χ0) is 7.68. The summed E-state index contributed by atoms with van der Waals surface area (Å²) in [5.41, 5.74) is 0. The van der Waals surface area contributed by atoms with E-state index in [9.17, 15) is 0 Å². The van der Waals surface area contributed by atoms with Crippen LogP contribution in [0.4, 0.5) is 0 Å². The molecule has 2 nitrogen and oxygen atoms in total. The number of rotatable bonds is 1. The van der Waals surface area contributed by atoms with Crippen molar-refractivity contribution in [1.82, 2.24) is 10.3 Å². The zero-order valence-electron chi connectivity index (χ0n) is 7.04. The highest BCUT2D eigenvalue weighted by molar-refractivity contribution is 7.11. The van der Waals surface area contributed by atoms with Gasteiger partial charge in [0.2, 0.25) is 0 Å². The Balaban J connectivity index is 0.000000720. The third-order valence-electron chi connectivity index (χ3n) is 2.00. The molecule has 12 heavy (non-hydrogen) atoms. The Hall–Kier alpha value is -0.120. The van der Waals surface area contributed by atoms with E-state index >= 15 is 0 Å². The molecule has 1 atom stereocenters. The summed E-state index contributed by atoms with van der Waals surface area (Å²) in [4.78, 5) is 5.67. The van der Waals surface area contributed by atoms with E-state index in [1.807, 2.05) is 17.5 Å². The Labute approximate surface area is 82.8 Å². The van der Waals surface area contributed by atoms with Crippen molar-refractivity contribution in [3.63, 3.8) is 0 Å². The molecule has 2 rings (SSSR count). The molecule has 0 radical (unpaired) electrons. The van der Waals surface area contributed by atoms with Crippen molar-refractivity contribution in [2.45, 2.75) is 25.8 Å². The average Bonchev–Trinajstić information content (AvgIpc) is 2.55. The van der Waals surface area contributed by atoms with Gasteiger partial charge in [0, 0.05) is 11.1 Å². The minimum atomic E-state index is 0. The highest BCUT2D eigenvalue weighted by Crippen LogP contribution is 2.26. The van der Waals surface area contributed by atoms with Gasteiger partial charge in [0.1, 0.15) is 5.01 Å². The molecule has 0 bridgehead atoms. The van der Waals surface area contributed by atoms with Gasteiger partial charge in [0.25, 0.3) is 0 Å². The van der Waals surface area contributed by atoms with E-state index in [1.54, 1.807) is 0 Å². The molecular weight excluding hydrogens is 192 g/mol. The Kier molecular flexibility index (Phi) is 3.50. The maximum absolute atomic E-state index is 4.35. The third kappa shape index (κ3) is 1.97. The quantitative estimate of drug-likeness (QED) is 0.760. The predicted octanol–water partition coefficient (Wildman–Crippen LogP) is 2.30. The van der Waals surface area contributed by atoms with Gasteiger partial charge in [-0.25, -0.2) is 4.98 Å². The van der Waals surface area contributed by atoms with Gasteiger partial charge in [0.05, 0.1) is 6.04 Å². The molecule has 1 aliphatic rings. The second-order valence-electron chi connectivity index (χ2n) is 2.96. The van der Waals surface area contributed by atoms with Gasteiger partial charge in [-0.2, -0.15) is 0 Å². The lowest BCUT2D eigenvalue weighted by molar-refractivity contribution is 0.643. The van der Waals surface area contributed by atoms with E-state index in [0.29, 0.717) is 6.04 Å². The molecule has 0 saturated carbocycles. The molecule has 0 spiro atoms. The standard InChI is InChI=1S/C8H12N2S.ClH/c1-6-5-10-8(11-6)7-3-2-4-9-7;/h5,7,9H,2-4H2,1H3;1H/t7-;/m1./s1. The normalized spacial score (nSPS) is 22.2. The Morgan fingerprint density at radius 2 is 2.50 bits per heavy atom. The number of halogens is 1. The molecule has 2 heterocycles. The Morgan fingerprint density at radius 1 is 1.67 bits per heavy atom. The largest absolute Gasteiger partial charge is 0.308 e. The van der Waals surface area contributed by atoms with Crippen molar-refractivity contribution in [3.8, 4) is 0 Å². The first kappa shape index (κ1) is 9.96. The lowest BCUT2D eigenvalue weighted by Gasteiger charge is -2.03. The lowest BCUT2D eigenvalue weighted by atomic mass is 10.2. The first-order valence-corrected chi connectivity index (χ1v) is 4.83. The second-order valence-corrected chi connectivity index (χ2v) is 4.22. The van der Waals surface area contributed by atoms with Crippen LogP contribution in [0, 0.1) is 6.92 Å². The van der Waals surface area contributed by atoms with E-state index in [4.69, 9.17) is 0 Å². The van der Waals surface area contributed by atoms with Gasteiger partial charge in [-0.15, -0.1) is 23.7 Å². The molecule has 4 heteroatoms. The number of hydrogen-bond acceptors (Lipinski definition) is 3. The summed E-state index contributed by atoms with van der Waals surface area (Å²) in [6.45, 7) is 3.26. The number of aromatic nitrogens is 1. The predicted molar refractivity (Wildman–Crippen MR) is 54.1 cm³/mol. The molecule has 0 unspecified atom stereocenters. The van der Waals surface area contributed by atoms with Crippen molar-refractivity contribution in [2.24, 2.45) is 0 Å². The van der Waals surface area contributed by atoms with Gasteiger partial charge >= 0.3 is 0 Å². The Morgan fingerprint density at radius 3 is 3.00 bits per heavy atom. The lowest BCUT2D eigenvalue weighted by Crippen LogP contribution is -2.12. The maximum Gasteiger partial charge on any atom is 0.110 e. The highest BCUT2D eigenvalue weighted by Gasteiger charge is 2.18. The molecule has 1 N–H and O–H groups in total. The summed E-state index contributed by atoms with van der Waals surface area (Å²) in [7, 11) is 0. The van der Waals surface area contributed by atoms with E-state index < -0.39 is 0 Å². The van der Waals surface area contributed by atoms with E-state index in [2.05, 4.69) is 17.2 Å². The summed E-state index contributed by atoms with van der Waals surface area (Å²) in [6, 6.07) is 0.550. The van der Waals surface area contributed by atoms with Crippen LogP contribution < -0.4 is 5.32 Å². The van der Waals surface area contributed by atoms with Gasteiger partial charge in [-0.1, -0.05) is 0 Å². The molecular formula is C8H13ClN2S. The molecule has 1 saturated heterocycles. The van der Waals surface area contributed by atoms with Crippen LogP contribution in [0.3, 0.4) is 0 Å². The number of thiazole rings is 1. The van der Waals surface area contributed by atoms with Crippen molar-refractivity contribution < 1.29 is 0 Å². The van der Waals surface area contributed by atoms with Crippen LogP contribution in [-0.2, 0) is 0 Å². The van der Waals surface area contributed by atoms with Gasteiger partial charge in [-0.3, -0.25) is 0 Å². The van der Waals surface area contributed by atoms with Crippen molar-refractivity contribution in [2.75, 3.05) is 6.54 Å². The fourth-order valence-electron chi connectivity index (χ4n) is 1.43. The van der Waals surface area contributed by atoms with Crippen LogP contribution in [-0.4, -0.2) is 11.5 Å². The smallest absolute Gasteiger partial charge is 0.110 e. The third-order valence-corrected chi connectivity index (χ3v) is 3.02. The average molecular weight is 205 g/mol. The first-order chi connectivity index (χ1) is 5.36. The van der Waals surface area contributed by atoms with Crippen molar-refractivity contribution in [3.05, 3.63) is 16.1 Å². The summed E-state index contributed by atoms with van der Waals surface area (Å²) >= 11 is 1.81. The summed E-state index contributed by atoms with van der Waals surface area (Å²) in [6.07, 6.45) is 4.51. The fourth-order valence-corrected chi connectivity index (χ4v) is 2.31. The topological polar surface area (TPSA) is 24.9 Å². The fraction of sp³-hybridized carbons (Fsp3) is 0.625. The monoisotopic (exact) mass is 204 g/mol. The molecule has 0 amide bonds. The van der Waals surface area contributed by atoms with Gasteiger partial charge in [-0.05, 0) is 26.3 Å². The van der Waals surface area contributed by atoms with Crippen LogP contribution in [0.15, 0.2) is 6.20 Å². The highest BCUT2D eigenvalue weighted by atomic mass is 35.5. The van der Waals surface area contributed by atoms with Gasteiger partial charge in [0.15, 0.2) is 0 Å². The van der Waals surface area contributed by atoms with Crippen molar-refractivity contribution >= 4 is 23.7 Å². The van der Waals surface area contributed by atoms with Crippen molar-refractivity contribution in [1.29, 1.82) is 0 Å². The molecule has 68 valence electrons. The molecule has 1 aromatic rings. The minimum Gasteiger partial charge on any atom is -0.308 e. The molecule has 0 aliphatic carbocycles. The minimum absolute atomic E-state index is 0. The maximum atomic E-state index is 4.35. The molecule has 1 fully saturated rings. The van der Waals surface area contributed by atoms with Crippen LogP contribution in [0.5, 0.6) is 0 Å². The number of hydrogen-bond donors (Lipinski definition) is 1. The van der Waals surface area contributed by atoms with E-state index in [1.165, 1.54) is 22.7 Å². The van der Waals surface area contributed by atoms with Crippen LogP contribution in [0.2, 0.25) is 0 Å². The SMILES string of the molecule is Cc1cnc([C@H]2CCCN2)s1.Cl. The molecule has 1 aromatic heterocycles. The Bertz CT molecular complexity index is 243. The van der Waals surface area contributed by atoms with Crippen LogP contribution in [0.25, 0.3) is 0 Å². The summed E-state index contributed by atoms with van der Waals surface area (Å²) in [5.74, 6) is 0. The van der Waals surface area contributed by atoms with Crippen LogP contribution >= 0.6 is 23.7 Å².